The van der Waals surface area contributed by atoms with Crippen molar-refractivity contribution in [2.45, 2.75) is 19.3 Å². The molecule has 0 amide bonds. The molecule has 1 aromatic carbocycles. The van der Waals surface area contributed by atoms with Crippen LogP contribution in [0.4, 0.5) is 0 Å². The lowest BCUT2D eigenvalue weighted by molar-refractivity contribution is 0.201. The Kier molecular flexibility index (Phi) is 14.7. The summed E-state index contributed by atoms with van der Waals surface area (Å²) in [4.78, 5) is 0. The number of aliphatic hydroxyl groups excluding tert-OH is 3. The molecule has 0 fully saturated rings. The molecule has 0 spiro atoms. The molecule has 3 N–H and O–H groups in total. The molecular weight excluding hydrogens is 364 g/mol. The molecule has 0 saturated heterocycles. The summed E-state index contributed by atoms with van der Waals surface area (Å²) in [7, 11) is 0. The zero-order valence-corrected chi connectivity index (χ0v) is 16.9. The lowest BCUT2D eigenvalue weighted by Gasteiger charge is -2.01. The van der Waals surface area contributed by atoms with E-state index < -0.39 is 0 Å². The monoisotopic (exact) mass is 396 g/mol. The van der Waals surface area contributed by atoms with Crippen molar-refractivity contribution in [3.8, 4) is 5.75 Å². The molecular formula is C25H32O4. The summed E-state index contributed by atoms with van der Waals surface area (Å²) >= 11 is 0. The van der Waals surface area contributed by atoms with E-state index in [1.165, 1.54) is 5.57 Å². The van der Waals surface area contributed by atoms with E-state index >= 15 is 0 Å². The lowest BCUT2D eigenvalue weighted by Crippen LogP contribution is -2.00. The fraction of sp³-hybridized carbons (Fsp3) is 0.280. The summed E-state index contributed by atoms with van der Waals surface area (Å²) in [6.45, 7) is 0.827. The molecule has 0 radical (unpaired) electrons. The Morgan fingerprint density at radius 2 is 1.34 bits per heavy atom. The number of rotatable bonds is 6. The van der Waals surface area contributed by atoms with Crippen molar-refractivity contribution < 1.29 is 20.1 Å². The Morgan fingerprint density at radius 3 is 1.93 bits per heavy atom. The Labute approximate surface area is 174 Å². The Morgan fingerprint density at radius 1 is 0.724 bits per heavy atom. The van der Waals surface area contributed by atoms with Gasteiger partial charge in [0.15, 0.2) is 0 Å². The Hall–Kier alpha value is -2.66. The molecule has 3 rings (SSSR count). The summed E-state index contributed by atoms with van der Waals surface area (Å²) in [5, 5.41) is 25.7. The van der Waals surface area contributed by atoms with Gasteiger partial charge in [0.1, 0.15) is 12.4 Å². The minimum Gasteiger partial charge on any atom is -0.491 e. The molecule has 0 aliphatic heterocycles. The normalized spacial score (nSPS) is 14.3. The lowest BCUT2D eigenvalue weighted by atomic mass is 10.1. The zero-order chi connectivity index (χ0) is 21.0. The third kappa shape index (κ3) is 13.2. The smallest absolute Gasteiger partial charge is 0.119 e. The standard InChI is InChI=1S/C9H12O.C8H10O2.C8H10O/c10-8-7-9-5-3-1-2-4-6-9;9-6-7-10-8-4-2-1-3-5-8;9-7-8-5-3-1-2-4-6-8/h1-3,5-6,10H,4,7-8H2;1-5,9H,6-7H2;1-3,5-6,9H,4,7H2. The number of ether oxygens (including phenoxy) is 1. The summed E-state index contributed by atoms with van der Waals surface area (Å²) in [5.74, 6) is 0.802. The summed E-state index contributed by atoms with van der Waals surface area (Å²) < 4.78 is 5.11. The molecule has 0 aromatic heterocycles. The number of benzene rings is 1. The van der Waals surface area contributed by atoms with Gasteiger partial charge in [-0.2, -0.15) is 0 Å². The molecule has 0 atom stereocenters. The summed E-state index contributed by atoms with van der Waals surface area (Å²) in [6, 6.07) is 9.43. The first kappa shape index (κ1) is 24.4. The van der Waals surface area contributed by atoms with Crippen LogP contribution in [-0.4, -0.2) is 41.7 Å². The van der Waals surface area contributed by atoms with Crippen molar-refractivity contribution in [3.63, 3.8) is 0 Å². The summed E-state index contributed by atoms with van der Waals surface area (Å²) in [5.41, 5.74) is 2.23. The number of para-hydroxylation sites is 1. The molecule has 156 valence electrons. The van der Waals surface area contributed by atoms with Gasteiger partial charge in [-0.3, -0.25) is 0 Å². The first-order valence-electron chi connectivity index (χ1n) is 9.85. The van der Waals surface area contributed by atoms with Crippen LogP contribution in [0.3, 0.4) is 0 Å². The van der Waals surface area contributed by atoms with Crippen LogP contribution in [-0.2, 0) is 0 Å². The number of aliphatic hydroxyl groups is 3. The fourth-order valence-electron chi connectivity index (χ4n) is 2.36. The predicted molar refractivity (Wildman–Crippen MR) is 120 cm³/mol. The highest BCUT2D eigenvalue weighted by molar-refractivity contribution is 5.27. The van der Waals surface area contributed by atoms with Gasteiger partial charge in [0.2, 0.25) is 0 Å². The van der Waals surface area contributed by atoms with E-state index in [2.05, 4.69) is 18.2 Å². The highest BCUT2D eigenvalue weighted by atomic mass is 16.5. The third-order valence-electron chi connectivity index (χ3n) is 3.83. The van der Waals surface area contributed by atoms with Crippen LogP contribution in [0, 0.1) is 0 Å². The van der Waals surface area contributed by atoms with Gasteiger partial charge in [-0.1, -0.05) is 79.0 Å². The molecule has 0 bridgehead atoms. The van der Waals surface area contributed by atoms with E-state index in [0.717, 1.165) is 30.6 Å². The van der Waals surface area contributed by atoms with Crippen LogP contribution in [0.15, 0.2) is 102 Å². The van der Waals surface area contributed by atoms with Crippen molar-refractivity contribution in [2.75, 3.05) is 26.4 Å². The average molecular weight is 397 g/mol. The van der Waals surface area contributed by atoms with Gasteiger partial charge in [-0.25, -0.2) is 0 Å². The largest absolute Gasteiger partial charge is 0.491 e. The van der Waals surface area contributed by atoms with Crippen molar-refractivity contribution in [1.29, 1.82) is 0 Å². The molecule has 0 heterocycles. The second kappa shape index (κ2) is 17.4. The van der Waals surface area contributed by atoms with Crippen molar-refractivity contribution >= 4 is 0 Å². The van der Waals surface area contributed by atoms with E-state index in [9.17, 15) is 0 Å². The predicted octanol–water partition coefficient (Wildman–Crippen LogP) is 4.29. The first-order chi connectivity index (χ1) is 14.3. The maximum absolute atomic E-state index is 8.67. The third-order valence-corrected chi connectivity index (χ3v) is 3.83. The highest BCUT2D eigenvalue weighted by Gasteiger charge is 1.91. The molecule has 29 heavy (non-hydrogen) atoms. The van der Waals surface area contributed by atoms with Gasteiger partial charge < -0.3 is 20.1 Å². The number of allylic oxidation sites excluding steroid dienone is 9. The fourth-order valence-corrected chi connectivity index (χ4v) is 2.36. The van der Waals surface area contributed by atoms with E-state index in [0.29, 0.717) is 6.61 Å². The van der Waals surface area contributed by atoms with E-state index in [1.54, 1.807) is 0 Å². The van der Waals surface area contributed by atoms with E-state index in [1.807, 2.05) is 72.9 Å². The van der Waals surface area contributed by atoms with Crippen LogP contribution in [0.25, 0.3) is 0 Å². The molecule has 4 heteroatoms. The van der Waals surface area contributed by atoms with Gasteiger partial charge >= 0.3 is 0 Å². The Balaban J connectivity index is 0.000000218. The van der Waals surface area contributed by atoms with Gasteiger partial charge in [-0.15, -0.1) is 0 Å². The highest BCUT2D eigenvalue weighted by Crippen LogP contribution is 2.08. The molecule has 0 unspecified atom stereocenters. The molecule has 4 nitrogen and oxygen atoms in total. The topological polar surface area (TPSA) is 69.9 Å². The van der Waals surface area contributed by atoms with Gasteiger partial charge in [0, 0.05) is 6.61 Å². The second-order valence-electron chi connectivity index (χ2n) is 6.12. The van der Waals surface area contributed by atoms with E-state index in [-0.39, 0.29) is 19.8 Å². The zero-order valence-electron chi connectivity index (χ0n) is 16.9. The Bertz CT molecular complexity index is 710. The van der Waals surface area contributed by atoms with Gasteiger partial charge in [0.05, 0.1) is 13.2 Å². The van der Waals surface area contributed by atoms with Crippen LogP contribution >= 0.6 is 0 Å². The van der Waals surface area contributed by atoms with Crippen molar-refractivity contribution in [3.05, 3.63) is 102 Å². The van der Waals surface area contributed by atoms with Gasteiger partial charge in [-0.05, 0) is 42.5 Å². The second-order valence-corrected chi connectivity index (χ2v) is 6.12. The molecule has 0 saturated carbocycles. The quantitative estimate of drug-likeness (QED) is 0.671. The maximum atomic E-state index is 8.67. The minimum atomic E-state index is 0.0644. The SMILES string of the molecule is OCC1=CCC=CC=C1.OCCC1=CCC=CC=C1.OCCOc1ccccc1. The average Bonchev–Trinajstić information content (AvgIpc) is 3.19. The van der Waals surface area contributed by atoms with Gasteiger partial charge in [0.25, 0.3) is 0 Å². The molecule has 1 aromatic rings. The van der Waals surface area contributed by atoms with Crippen molar-refractivity contribution in [2.24, 2.45) is 0 Å². The molecule has 2 aliphatic carbocycles. The maximum Gasteiger partial charge on any atom is 0.119 e. The van der Waals surface area contributed by atoms with Crippen LogP contribution in [0.2, 0.25) is 0 Å². The van der Waals surface area contributed by atoms with Crippen molar-refractivity contribution in [1.82, 2.24) is 0 Å². The number of hydrogen-bond acceptors (Lipinski definition) is 4. The summed E-state index contributed by atoms with van der Waals surface area (Å²) in [6.07, 6.45) is 22.9. The first-order valence-corrected chi connectivity index (χ1v) is 9.85. The van der Waals surface area contributed by atoms with Crippen LogP contribution in [0.1, 0.15) is 19.3 Å². The number of hydrogen-bond donors (Lipinski definition) is 3. The van der Waals surface area contributed by atoms with E-state index in [4.69, 9.17) is 20.1 Å². The van der Waals surface area contributed by atoms with Crippen LogP contribution < -0.4 is 4.74 Å². The molecule has 2 aliphatic rings. The minimum absolute atomic E-state index is 0.0644. The van der Waals surface area contributed by atoms with Crippen LogP contribution in [0.5, 0.6) is 5.75 Å².